The summed E-state index contributed by atoms with van der Waals surface area (Å²) in [5.74, 6) is 2.59. The number of rotatable bonds is 6. The minimum Gasteiger partial charge on any atom is -0.330 e. The summed E-state index contributed by atoms with van der Waals surface area (Å²) in [6, 6.07) is 0. The SMILES string of the molecule is CCSCCCC1(CN)CCCCCCC1. The quantitative estimate of drug-likeness (QED) is 0.707. The third-order valence-electron chi connectivity index (χ3n) is 4.05. The molecule has 2 heteroatoms. The Bertz CT molecular complexity index is 162. The highest BCUT2D eigenvalue weighted by atomic mass is 32.2. The molecule has 1 aliphatic rings. The standard InChI is InChI=1S/C14H29NS/c1-2-16-12-8-11-14(13-15)9-6-4-3-5-7-10-14/h2-13,15H2,1H3. The Labute approximate surface area is 106 Å². The lowest BCUT2D eigenvalue weighted by Crippen LogP contribution is -2.31. The van der Waals surface area contributed by atoms with Crippen LogP contribution in [0.4, 0.5) is 0 Å². The number of hydrogen-bond donors (Lipinski definition) is 1. The molecule has 0 aliphatic heterocycles. The van der Waals surface area contributed by atoms with Gasteiger partial charge in [-0.15, -0.1) is 0 Å². The molecule has 0 saturated heterocycles. The minimum absolute atomic E-state index is 0.509. The van der Waals surface area contributed by atoms with Crippen molar-refractivity contribution in [2.75, 3.05) is 18.1 Å². The van der Waals surface area contributed by atoms with Crippen molar-refractivity contribution in [3.8, 4) is 0 Å². The molecule has 0 aromatic heterocycles. The van der Waals surface area contributed by atoms with Gasteiger partial charge < -0.3 is 5.73 Å². The summed E-state index contributed by atoms with van der Waals surface area (Å²) in [7, 11) is 0. The predicted molar refractivity (Wildman–Crippen MR) is 76.0 cm³/mol. The van der Waals surface area contributed by atoms with Gasteiger partial charge in [0.2, 0.25) is 0 Å². The van der Waals surface area contributed by atoms with E-state index in [2.05, 4.69) is 18.7 Å². The second-order valence-corrected chi connectivity index (χ2v) is 6.67. The van der Waals surface area contributed by atoms with Crippen molar-refractivity contribution in [3.05, 3.63) is 0 Å². The number of nitrogens with two attached hydrogens (primary N) is 1. The third kappa shape index (κ3) is 5.09. The van der Waals surface area contributed by atoms with Crippen molar-refractivity contribution in [3.63, 3.8) is 0 Å². The largest absolute Gasteiger partial charge is 0.330 e. The van der Waals surface area contributed by atoms with E-state index in [0.29, 0.717) is 5.41 Å². The van der Waals surface area contributed by atoms with E-state index in [4.69, 9.17) is 5.73 Å². The molecule has 1 nitrogen and oxygen atoms in total. The van der Waals surface area contributed by atoms with Crippen LogP contribution < -0.4 is 5.73 Å². The van der Waals surface area contributed by atoms with Crippen LogP contribution in [0.25, 0.3) is 0 Å². The maximum absolute atomic E-state index is 6.07. The number of thioether (sulfide) groups is 1. The molecular weight excluding hydrogens is 214 g/mol. The molecule has 1 rings (SSSR count). The molecule has 0 amide bonds. The Morgan fingerprint density at radius 3 is 2.25 bits per heavy atom. The first-order valence-corrected chi connectivity index (χ1v) is 8.26. The molecule has 16 heavy (non-hydrogen) atoms. The van der Waals surface area contributed by atoms with Crippen molar-refractivity contribution in [1.29, 1.82) is 0 Å². The van der Waals surface area contributed by atoms with E-state index < -0.39 is 0 Å². The molecule has 1 saturated carbocycles. The van der Waals surface area contributed by atoms with E-state index in [-0.39, 0.29) is 0 Å². The molecule has 96 valence electrons. The van der Waals surface area contributed by atoms with Crippen LogP contribution in [0.1, 0.15) is 64.7 Å². The lowest BCUT2D eigenvalue weighted by Gasteiger charge is -2.34. The first-order valence-electron chi connectivity index (χ1n) is 7.11. The van der Waals surface area contributed by atoms with Gasteiger partial charge in [0, 0.05) is 0 Å². The summed E-state index contributed by atoms with van der Waals surface area (Å²) >= 11 is 2.07. The Hall–Kier alpha value is 0.310. The molecule has 0 bridgehead atoms. The van der Waals surface area contributed by atoms with Gasteiger partial charge in [-0.2, -0.15) is 11.8 Å². The van der Waals surface area contributed by atoms with E-state index in [1.54, 1.807) is 0 Å². The maximum atomic E-state index is 6.07. The van der Waals surface area contributed by atoms with E-state index in [1.807, 2.05) is 0 Å². The summed E-state index contributed by atoms with van der Waals surface area (Å²) in [5.41, 5.74) is 6.58. The van der Waals surface area contributed by atoms with Crippen LogP contribution in [0.3, 0.4) is 0 Å². The predicted octanol–water partition coefficient (Wildman–Crippen LogP) is 4.21. The second-order valence-electron chi connectivity index (χ2n) is 5.27. The van der Waals surface area contributed by atoms with Gasteiger partial charge in [0.05, 0.1) is 0 Å². The highest BCUT2D eigenvalue weighted by Gasteiger charge is 2.27. The summed E-state index contributed by atoms with van der Waals surface area (Å²) in [4.78, 5) is 0. The van der Waals surface area contributed by atoms with Crippen molar-refractivity contribution < 1.29 is 0 Å². The second kappa shape index (κ2) is 8.41. The van der Waals surface area contributed by atoms with Gasteiger partial charge in [-0.25, -0.2) is 0 Å². The molecule has 0 aromatic carbocycles. The zero-order chi connectivity index (χ0) is 11.7. The lowest BCUT2D eigenvalue weighted by molar-refractivity contribution is 0.200. The average Bonchev–Trinajstić information content (AvgIpc) is 2.27. The molecular formula is C14H29NS. The Morgan fingerprint density at radius 2 is 1.69 bits per heavy atom. The van der Waals surface area contributed by atoms with Crippen LogP contribution in [-0.2, 0) is 0 Å². The monoisotopic (exact) mass is 243 g/mol. The third-order valence-corrected chi connectivity index (χ3v) is 5.03. The van der Waals surface area contributed by atoms with Crippen LogP contribution in [0.2, 0.25) is 0 Å². The maximum Gasteiger partial charge on any atom is -0.00205 e. The molecule has 0 spiro atoms. The summed E-state index contributed by atoms with van der Waals surface area (Å²) in [5, 5.41) is 0. The van der Waals surface area contributed by atoms with E-state index >= 15 is 0 Å². The van der Waals surface area contributed by atoms with E-state index in [0.717, 1.165) is 6.54 Å². The lowest BCUT2D eigenvalue weighted by atomic mass is 9.73. The zero-order valence-electron chi connectivity index (χ0n) is 11.0. The Morgan fingerprint density at radius 1 is 1.06 bits per heavy atom. The fourth-order valence-corrected chi connectivity index (χ4v) is 3.54. The van der Waals surface area contributed by atoms with Crippen molar-refractivity contribution >= 4 is 11.8 Å². The summed E-state index contributed by atoms with van der Waals surface area (Å²) in [6.45, 7) is 3.17. The normalized spacial score (nSPS) is 21.4. The molecule has 2 N–H and O–H groups in total. The van der Waals surface area contributed by atoms with E-state index in [9.17, 15) is 0 Å². The van der Waals surface area contributed by atoms with Gasteiger partial charge in [-0.1, -0.05) is 39.0 Å². The zero-order valence-corrected chi connectivity index (χ0v) is 11.8. The molecule has 0 aromatic rings. The smallest absolute Gasteiger partial charge is 0.00205 e. The van der Waals surface area contributed by atoms with Crippen LogP contribution in [0.5, 0.6) is 0 Å². The first kappa shape index (κ1) is 14.4. The topological polar surface area (TPSA) is 26.0 Å². The Balaban J connectivity index is 2.33. The average molecular weight is 243 g/mol. The van der Waals surface area contributed by atoms with Crippen LogP contribution in [0.15, 0.2) is 0 Å². The molecule has 1 fully saturated rings. The van der Waals surface area contributed by atoms with Gasteiger partial charge in [0.15, 0.2) is 0 Å². The molecule has 0 radical (unpaired) electrons. The van der Waals surface area contributed by atoms with Crippen LogP contribution in [0, 0.1) is 5.41 Å². The van der Waals surface area contributed by atoms with Gasteiger partial charge >= 0.3 is 0 Å². The number of hydrogen-bond acceptors (Lipinski definition) is 2. The fraction of sp³-hybridized carbons (Fsp3) is 1.00. The summed E-state index contributed by atoms with van der Waals surface area (Å²) in [6.07, 6.45) is 12.7. The van der Waals surface area contributed by atoms with Gasteiger partial charge in [-0.3, -0.25) is 0 Å². The first-order chi connectivity index (χ1) is 7.83. The molecule has 0 heterocycles. The van der Waals surface area contributed by atoms with Crippen molar-refractivity contribution in [2.24, 2.45) is 11.1 Å². The van der Waals surface area contributed by atoms with Crippen LogP contribution in [-0.4, -0.2) is 18.1 Å². The highest BCUT2D eigenvalue weighted by Crippen LogP contribution is 2.37. The van der Waals surface area contributed by atoms with E-state index in [1.165, 1.54) is 69.3 Å². The minimum atomic E-state index is 0.509. The van der Waals surface area contributed by atoms with Crippen LogP contribution >= 0.6 is 11.8 Å². The summed E-state index contributed by atoms with van der Waals surface area (Å²) < 4.78 is 0. The van der Waals surface area contributed by atoms with Crippen molar-refractivity contribution in [1.82, 2.24) is 0 Å². The van der Waals surface area contributed by atoms with Crippen molar-refractivity contribution in [2.45, 2.75) is 64.7 Å². The molecule has 0 unspecified atom stereocenters. The molecule has 0 atom stereocenters. The van der Waals surface area contributed by atoms with Gasteiger partial charge in [-0.05, 0) is 49.1 Å². The highest BCUT2D eigenvalue weighted by molar-refractivity contribution is 7.99. The Kier molecular flexibility index (Phi) is 7.55. The van der Waals surface area contributed by atoms with Gasteiger partial charge in [0.25, 0.3) is 0 Å². The van der Waals surface area contributed by atoms with Gasteiger partial charge in [0.1, 0.15) is 0 Å². The molecule has 1 aliphatic carbocycles. The fourth-order valence-electron chi connectivity index (χ4n) is 2.91.